The van der Waals surface area contributed by atoms with Gasteiger partial charge in [0.05, 0.1) is 11.9 Å². The fourth-order valence-corrected chi connectivity index (χ4v) is 2.36. The molecule has 0 bridgehead atoms. The summed E-state index contributed by atoms with van der Waals surface area (Å²) < 4.78 is 8.35. The molecule has 0 saturated heterocycles. The zero-order valence-electron chi connectivity index (χ0n) is 12.3. The molecule has 0 spiro atoms. The van der Waals surface area contributed by atoms with E-state index < -0.39 is 11.7 Å². The lowest BCUT2D eigenvalue weighted by Gasteiger charge is -2.26. The number of amides is 1. The highest BCUT2D eigenvalue weighted by Crippen LogP contribution is 2.20. The highest BCUT2D eigenvalue weighted by atomic mass is 127. The van der Waals surface area contributed by atoms with Crippen LogP contribution in [-0.2, 0) is 4.74 Å². The van der Waals surface area contributed by atoms with Crippen LogP contribution in [0.25, 0.3) is 5.65 Å². The normalized spacial score (nSPS) is 11.4. The van der Waals surface area contributed by atoms with Crippen molar-refractivity contribution in [1.82, 2.24) is 9.38 Å². The molecular weight excluding hydrogens is 381 g/mol. The number of pyridine rings is 1. The van der Waals surface area contributed by atoms with Gasteiger partial charge >= 0.3 is 6.09 Å². The van der Waals surface area contributed by atoms with Crippen LogP contribution in [-0.4, -0.2) is 27.6 Å². The van der Waals surface area contributed by atoms with Gasteiger partial charge in [0.15, 0.2) is 0 Å². The molecule has 21 heavy (non-hydrogen) atoms. The second-order valence-electron chi connectivity index (χ2n) is 5.58. The van der Waals surface area contributed by atoms with E-state index in [9.17, 15) is 4.79 Å². The Balaban J connectivity index is 2.37. The Morgan fingerprint density at radius 3 is 2.86 bits per heavy atom. The first-order chi connectivity index (χ1) is 9.81. The number of imidazole rings is 1. The van der Waals surface area contributed by atoms with Gasteiger partial charge in [0, 0.05) is 12.7 Å². The van der Waals surface area contributed by atoms with Gasteiger partial charge in [-0.1, -0.05) is 6.08 Å². The molecule has 2 aromatic rings. The lowest BCUT2D eigenvalue weighted by molar-refractivity contribution is 0.0584. The maximum Gasteiger partial charge on any atom is 0.415 e. The van der Waals surface area contributed by atoms with Crippen LogP contribution >= 0.6 is 22.6 Å². The number of nitrogens with zero attached hydrogens (tertiary/aromatic N) is 3. The molecule has 0 N–H and O–H groups in total. The smallest absolute Gasteiger partial charge is 0.415 e. The molecule has 0 radical (unpaired) electrons. The van der Waals surface area contributed by atoms with Gasteiger partial charge in [-0.15, -0.1) is 6.58 Å². The van der Waals surface area contributed by atoms with Crippen molar-refractivity contribution in [2.45, 2.75) is 26.4 Å². The number of halogens is 1. The number of hydrogen-bond acceptors (Lipinski definition) is 3. The quantitative estimate of drug-likeness (QED) is 0.582. The number of hydrogen-bond donors (Lipinski definition) is 0. The van der Waals surface area contributed by atoms with Crippen LogP contribution in [0, 0.1) is 3.70 Å². The Kier molecular flexibility index (Phi) is 4.55. The van der Waals surface area contributed by atoms with Crippen LogP contribution in [0.4, 0.5) is 10.5 Å². The third kappa shape index (κ3) is 3.75. The summed E-state index contributed by atoms with van der Waals surface area (Å²) in [6.07, 6.45) is 4.94. The van der Waals surface area contributed by atoms with E-state index in [1.165, 1.54) is 0 Å². The fraction of sp³-hybridized carbons (Fsp3) is 0.333. The third-order valence-electron chi connectivity index (χ3n) is 2.68. The molecule has 0 aromatic carbocycles. The number of carbonyl (C=O) groups excluding carboxylic acids is 1. The van der Waals surface area contributed by atoms with Crippen molar-refractivity contribution in [3.63, 3.8) is 0 Å². The predicted octanol–water partition coefficient (Wildman–Crippen LogP) is 3.87. The molecule has 6 heteroatoms. The highest BCUT2D eigenvalue weighted by molar-refractivity contribution is 14.1. The first kappa shape index (κ1) is 15.8. The van der Waals surface area contributed by atoms with Gasteiger partial charge in [-0.25, -0.2) is 9.78 Å². The molecular formula is C15H18IN3O2. The van der Waals surface area contributed by atoms with E-state index in [-0.39, 0.29) is 0 Å². The Morgan fingerprint density at radius 2 is 2.24 bits per heavy atom. The van der Waals surface area contributed by atoms with Crippen LogP contribution in [0.1, 0.15) is 20.8 Å². The summed E-state index contributed by atoms with van der Waals surface area (Å²) in [7, 11) is 0. The molecule has 5 nitrogen and oxygen atoms in total. The summed E-state index contributed by atoms with van der Waals surface area (Å²) in [5, 5.41) is 0. The minimum absolute atomic E-state index is 0.381. The number of aromatic nitrogens is 2. The average molecular weight is 399 g/mol. The summed E-state index contributed by atoms with van der Waals surface area (Å²) in [5.74, 6) is 0. The number of ether oxygens (including phenoxy) is 1. The molecule has 0 aliphatic rings. The summed E-state index contributed by atoms with van der Waals surface area (Å²) in [4.78, 5) is 18.2. The van der Waals surface area contributed by atoms with E-state index in [1.807, 2.05) is 43.5 Å². The molecule has 0 aliphatic heterocycles. The standard InChI is InChI=1S/C15H18IN3O2/c1-5-8-18(14(20)21-15(2,3)4)11-6-7-13-17-9-12(16)19(13)10-11/h5-7,9-10H,1,8H2,2-4H3. The van der Waals surface area contributed by atoms with E-state index in [0.717, 1.165) is 15.0 Å². The molecule has 0 fully saturated rings. The van der Waals surface area contributed by atoms with Crippen molar-refractivity contribution in [1.29, 1.82) is 0 Å². The predicted molar refractivity (Wildman–Crippen MR) is 91.7 cm³/mol. The van der Waals surface area contributed by atoms with Crippen LogP contribution in [0.2, 0.25) is 0 Å². The highest BCUT2D eigenvalue weighted by Gasteiger charge is 2.23. The molecule has 0 saturated carbocycles. The lowest BCUT2D eigenvalue weighted by atomic mass is 10.2. The first-order valence-corrected chi connectivity index (χ1v) is 7.64. The third-order valence-corrected chi connectivity index (χ3v) is 3.48. The molecule has 1 amide bonds. The van der Waals surface area contributed by atoms with Gasteiger partial charge in [0.2, 0.25) is 0 Å². The molecule has 112 valence electrons. The number of carbonyl (C=O) groups is 1. The van der Waals surface area contributed by atoms with Gasteiger partial charge in [-0.3, -0.25) is 9.30 Å². The van der Waals surface area contributed by atoms with E-state index >= 15 is 0 Å². The minimum Gasteiger partial charge on any atom is -0.443 e. The van der Waals surface area contributed by atoms with Crippen LogP contribution in [0.3, 0.4) is 0 Å². The van der Waals surface area contributed by atoms with E-state index in [4.69, 9.17) is 4.74 Å². The first-order valence-electron chi connectivity index (χ1n) is 6.56. The number of anilines is 1. The maximum atomic E-state index is 12.3. The van der Waals surface area contributed by atoms with Crippen LogP contribution < -0.4 is 4.90 Å². The Bertz CT molecular complexity index is 673. The average Bonchev–Trinajstić information content (AvgIpc) is 2.75. The van der Waals surface area contributed by atoms with Gasteiger partial charge in [-0.2, -0.15) is 0 Å². The van der Waals surface area contributed by atoms with Gasteiger partial charge in [0.1, 0.15) is 14.9 Å². The number of fused-ring (bicyclic) bond motifs is 1. The van der Waals surface area contributed by atoms with Crippen molar-refractivity contribution in [3.8, 4) is 0 Å². The van der Waals surface area contributed by atoms with Crippen LogP contribution in [0.15, 0.2) is 37.2 Å². The van der Waals surface area contributed by atoms with E-state index in [2.05, 4.69) is 34.2 Å². The fourth-order valence-electron chi connectivity index (χ4n) is 1.83. The second-order valence-corrected chi connectivity index (χ2v) is 6.68. The molecule has 2 aromatic heterocycles. The van der Waals surface area contributed by atoms with E-state index in [1.54, 1.807) is 17.2 Å². The van der Waals surface area contributed by atoms with Crippen molar-refractivity contribution < 1.29 is 9.53 Å². The van der Waals surface area contributed by atoms with Crippen molar-refractivity contribution in [3.05, 3.63) is 40.9 Å². The summed E-state index contributed by atoms with van der Waals surface area (Å²) in [6, 6.07) is 3.73. The van der Waals surface area contributed by atoms with Crippen molar-refractivity contribution >= 4 is 40.0 Å². The van der Waals surface area contributed by atoms with Gasteiger partial charge in [-0.05, 0) is 55.5 Å². The Labute approximate surface area is 137 Å². The van der Waals surface area contributed by atoms with Gasteiger partial charge in [0.25, 0.3) is 0 Å². The van der Waals surface area contributed by atoms with E-state index in [0.29, 0.717) is 6.54 Å². The molecule has 0 unspecified atom stereocenters. The summed E-state index contributed by atoms with van der Waals surface area (Å²) >= 11 is 2.20. The van der Waals surface area contributed by atoms with Gasteiger partial charge < -0.3 is 4.74 Å². The largest absolute Gasteiger partial charge is 0.443 e. The maximum absolute atomic E-state index is 12.3. The zero-order valence-corrected chi connectivity index (χ0v) is 14.5. The minimum atomic E-state index is -0.538. The zero-order chi connectivity index (χ0) is 15.6. The number of rotatable bonds is 3. The second kappa shape index (κ2) is 6.05. The van der Waals surface area contributed by atoms with Crippen molar-refractivity contribution in [2.75, 3.05) is 11.4 Å². The SMILES string of the molecule is C=CCN(C(=O)OC(C)(C)C)c1ccc2ncc(I)n2c1. The summed E-state index contributed by atoms with van der Waals surface area (Å²) in [5.41, 5.74) is 1.04. The molecule has 2 rings (SSSR count). The Morgan fingerprint density at radius 1 is 1.52 bits per heavy atom. The molecule has 0 atom stereocenters. The molecule has 2 heterocycles. The van der Waals surface area contributed by atoms with Crippen LogP contribution in [0.5, 0.6) is 0 Å². The monoisotopic (exact) mass is 399 g/mol. The topological polar surface area (TPSA) is 46.8 Å². The molecule has 0 aliphatic carbocycles. The lowest BCUT2D eigenvalue weighted by Crippen LogP contribution is -2.37. The summed E-state index contributed by atoms with van der Waals surface area (Å²) in [6.45, 7) is 9.62. The Hall–Kier alpha value is -1.57. The van der Waals surface area contributed by atoms with Crippen molar-refractivity contribution in [2.24, 2.45) is 0 Å².